The molecule has 0 aliphatic heterocycles. The highest BCUT2D eigenvalue weighted by atomic mass is 19.1. The third-order valence-electron chi connectivity index (χ3n) is 2.37. The quantitative estimate of drug-likeness (QED) is 0.759. The lowest BCUT2D eigenvalue weighted by Crippen LogP contribution is -2.03. The number of hydrogen-bond acceptors (Lipinski definition) is 3. The second kappa shape index (κ2) is 4.86. The highest BCUT2D eigenvalue weighted by Gasteiger charge is 2.15. The molecule has 4 nitrogen and oxygen atoms in total. The van der Waals surface area contributed by atoms with E-state index < -0.39 is 5.82 Å². The van der Waals surface area contributed by atoms with E-state index in [-0.39, 0.29) is 11.3 Å². The van der Waals surface area contributed by atoms with Crippen molar-refractivity contribution in [2.45, 2.75) is 19.9 Å². The third kappa shape index (κ3) is 2.38. The van der Waals surface area contributed by atoms with Crippen LogP contribution in [0, 0.1) is 5.82 Å². The van der Waals surface area contributed by atoms with Gasteiger partial charge in [-0.15, -0.1) is 0 Å². The fourth-order valence-corrected chi connectivity index (χ4v) is 1.55. The summed E-state index contributed by atoms with van der Waals surface area (Å²) in [6.45, 7) is 2.76. The van der Waals surface area contributed by atoms with Crippen LogP contribution in [-0.4, -0.2) is 20.5 Å². The van der Waals surface area contributed by atoms with Crippen molar-refractivity contribution in [2.24, 2.45) is 0 Å². The molecule has 0 atom stereocenters. The van der Waals surface area contributed by atoms with E-state index in [0.717, 1.165) is 19.2 Å². The zero-order chi connectivity index (χ0) is 12.3. The van der Waals surface area contributed by atoms with Crippen molar-refractivity contribution >= 4 is 5.78 Å². The lowest BCUT2D eigenvalue weighted by atomic mass is 10.1. The van der Waals surface area contributed by atoms with Gasteiger partial charge in [0.25, 0.3) is 0 Å². The van der Waals surface area contributed by atoms with Crippen LogP contribution in [-0.2, 0) is 6.54 Å². The molecule has 0 spiro atoms. The maximum Gasteiger partial charge on any atom is 0.199 e. The Bertz CT molecular complexity index is 536. The fourth-order valence-electron chi connectivity index (χ4n) is 1.55. The third-order valence-corrected chi connectivity index (χ3v) is 2.37. The van der Waals surface area contributed by atoms with Crippen LogP contribution >= 0.6 is 0 Å². The summed E-state index contributed by atoms with van der Waals surface area (Å²) in [5.41, 5.74) is 0.416. The smallest absolute Gasteiger partial charge is 0.199 e. The molecule has 0 aliphatic carbocycles. The molecule has 17 heavy (non-hydrogen) atoms. The normalized spacial score (nSPS) is 10.5. The van der Waals surface area contributed by atoms with Crippen LogP contribution in [0.2, 0.25) is 0 Å². The Morgan fingerprint density at radius 1 is 1.47 bits per heavy atom. The van der Waals surface area contributed by atoms with Crippen molar-refractivity contribution < 1.29 is 9.18 Å². The summed E-state index contributed by atoms with van der Waals surface area (Å²) in [7, 11) is 0. The molecule has 2 aromatic heterocycles. The SMILES string of the molecule is CCCn1cc(C(=O)c2ccncc2F)cn1. The molecular weight excluding hydrogens is 221 g/mol. The van der Waals surface area contributed by atoms with Gasteiger partial charge in [-0.25, -0.2) is 4.39 Å². The minimum absolute atomic E-state index is 0.0241. The van der Waals surface area contributed by atoms with E-state index in [9.17, 15) is 9.18 Å². The number of hydrogen-bond donors (Lipinski definition) is 0. The van der Waals surface area contributed by atoms with E-state index >= 15 is 0 Å². The molecule has 0 amide bonds. The standard InChI is InChI=1S/C12H12FN3O/c1-2-5-16-8-9(6-15-16)12(17)10-3-4-14-7-11(10)13/h3-4,6-8H,2,5H2,1H3. The van der Waals surface area contributed by atoms with Gasteiger partial charge in [-0.2, -0.15) is 5.10 Å². The van der Waals surface area contributed by atoms with E-state index in [1.165, 1.54) is 18.5 Å². The minimum Gasteiger partial charge on any atom is -0.288 e. The maximum atomic E-state index is 13.4. The van der Waals surface area contributed by atoms with Crippen molar-refractivity contribution in [1.29, 1.82) is 0 Å². The van der Waals surface area contributed by atoms with E-state index in [0.29, 0.717) is 5.56 Å². The Labute approximate surface area is 98.1 Å². The van der Waals surface area contributed by atoms with Crippen molar-refractivity contribution in [3.63, 3.8) is 0 Å². The van der Waals surface area contributed by atoms with Crippen LogP contribution in [0.25, 0.3) is 0 Å². The summed E-state index contributed by atoms with van der Waals surface area (Å²) in [6, 6.07) is 1.37. The summed E-state index contributed by atoms with van der Waals surface area (Å²) in [4.78, 5) is 15.6. The monoisotopic (exact) mass is 233 g/mol. The number of carbonyl (C=O) groups excluding carboxylic acids is 1. The lowest BCUT2D eigenvalue weighted by Gasteiger charge is -1.98. The molecule has 0 saturated carbocycles. The Kier molecular flexibility index (Phi) is 3.27. The number of carbonyl (C=O) groups is 1. The Morgan fingerprint density at radius 2 is 2.29 bits per heavy atom. The Hall–Kier alpha value is -2.04. The van der Waals surface area contributed by atoms with Crippen molar-refractivity contribution in [1.82, 2.24) is 14.8 Å². The molecule has 0 unspecified atom stereocenters. The van der Waals surface area contributed by atoms with Gasteiger partial charge in [0.15, 0.2) is 11.6 Å². The molecule has 0 saturated heterocycles. The highest BCUT2D eigenvalue weighted by Crippen LogP contribution is 2.11. The summed E-state index contributed by atoms with van der Waals surface area (Å²) < 4.78 is 15.0. The number of halogens is 1. The maximum absolute atomic E-state index is 13.4. The van der Waals surface area contributed by atoms with Gasteiger partial charge in [-0.05, 0) is 12.5 Å². The van der Waals surface area contributed by atoms with Crippen LogP contribution in [0.5, 0.6) is 0 Å². The summed E-state index contributed by atoms with van der Waals surface area (Å²) >= 11 is 0. The van der Waals surface area contributed by atoms with Gasteiger partial charge in [-0.1, -0.05) is 6.92 Å². The summed E-state index contributed by atoms with van der Waals surface area (Å²) in [5, 5.41) is 4.04. The number of ketones is 1. The molecule has 0 aromatic carbocycles. The molecule has 0 bridgehead atoms. The first-order chi connectivity index (χ1) is 8.22. The second-order valence-electron chi connectivity index (χ2n) is 3.68. The molecule has 0 aliphatic rings. The first kappa shape index (κ1) is 11.4. The topological polar surface area (TPSA) is 47.8 Å². The van der Waals surface area contributed by atoms with Crippen LogP contribution in [0.1, 0.15) is 29.3 Å². The highest BCUT2D eigenvalue weighted by molar-refractivity contribution is 6.08. The van der Waals surface area contributed by atoms with Crippen LogP contribution < -0.4 is 0 Å². The number of aromatic nitrogens is 3. The van der Waals surface area contributed by atoms with E-state index in [4.69, 9.17) is 0 Å². The van der Waals surface area contributed by atoms with Crippen molar-refractivity contribution in [3.8, 4) is 0 Å². The first-order valence-electron chi connectivity index (χ1n) is 5.39. The summed E-state index contributed by atoms with van der Waals surface area (Å²) in [6.07, 6.45) is 6.44. The van der Waals surface area contributed by atoms with Gasteiger partial charge in [0, 0.05) is 18.9 Å². The van der Waals surface area contributed by atoms with Gasteiger partial charge in [-0.3, -0.25) is 14.5 Å². The van der Waals surface area contributed by atoms with E-state index in [1.54, 1.807) is 10.9 Å². The summed E-state index contributed by atoms with van der Waals surface area (Å²) in [5.74, 6) is -0.979. The predicted octanol–water partition coefficient (Wildman–Crippen LogP) is 2.06. The molecule has 0 radical (unpaired) electrons. The molecule has 88 valence electrons. The predicted molar refractivity (Wildman–Crippen MR) is 60.1 cm³/mol. The van der Waals surface area contributed by atoms with Gasteiger partial charge in [0.05, 0.1) is 23.5 Å². The zero-order valence-corrected chi connectivity index (χ0v) is 9.43. The molecular formula is C12H12FN3O. The van der Waals surface area contributed by atoms with Crippen molar-refractivity contribution in [2.75, 3.05) is 0 Å². The zero-order valence-electron chi connectivity index (χ0n) is 9.43. The number of aryl methyl sites for hydroxylation is 1. The Morgan fingerprint density at radius 3 is 3.00 bits per heavy atom. The van der Waals surface area contributed by atoms with Crippen LogP contribution in [0.4, 0.5) is 4.39 Å². The average Bonchev–Trinajstić information content (AvgIpc) is 2.78. The van der Waals surface area contributed by atoms with Gasteiger partial charge < -0.3 is 0 Å². The molecule has 0 fully saturated rings. The van der Waals surface area contributed by atoms with Gasteiger partial charge in [0.2, 0.25) is 0 Å². The van der Waals surface area contributed by atoms with E-state index in [1.807, 2.05) is 6.92 Å². The largest absolute Gasteiger partial charge is 0.288 e. The second-order valence-corrected chi connectivity index (χ2v) is 3.68. The first-order valence-corrected chi connectivity index (χ1v) is 5.39. The van der Waals surface area contributed by atoms with Crippen LogP contribution in [0.3, 0.4) is 0 Å². The van der Waals surface area contributed by atoms with Gasteiger partial charge >= 0.3 is 0 Å². The number of nitrogens with zero attached hydrogens (tertiary/aromatic N) is 3. The minimum atomic E-state index is -0.610. The molecule has 2 heterocycles. The Balaban J connectivity index is 2.28. The number of rotatable bonds is 4. The van der Waals surface area contributed by atoms with E-state index in [2.05, 4.69) is 10.1 Å². The molecule has 0 N–H and O–H groups in total. The fraction of sp³-hybridized carbons (Fsp3) is 0.250. The molecule has 2 aromatic rings. The number of pyridine rings is 1. The average molecular weight is 233 g/mol. The van der Waals surface area contributed by atoms with Crippen LogP contribution in [0.15, 0.2) is 30.9 Å². The molecule has 5 heteroatoms. The lowest BCUT2D eigenvalue weighted by molar-refractivity contribution is 0.103. The molecule has 2 rings (SSSR count). The van der Waals surface area contributed by atoms with Crippen molar-refractivity contribution in [3.05, 3.63) is 47.8 Å². The van der Waals surface area contributed by atoms with Gasteiger partial charge in [0.1, 0.15) is 0 Å².